The zero-order valence-corrected chi connectivity index (χ0v) is 11.0. The molecule has 19 heavy (non-hydrogen) atoms. The minimum Gasteiger partial charge on any atom is -0.335 e. The van der Waals surface area contributed by atoms with Crippen LogP contribution in [0.5, 0.6) is 0 Å². The number of halogens is 1. The van der Waals surface area contributed by atoms with Gasteiger partial charge in [0.1, 0.15) is 5.82 Å². The lowest BCUT2D eigenvalue weighted by Gasteiger charge is -2.09. The standard InChI is InChI=1S/C15H13FN2S/c16-12-6-8-13(9-7-12)18-15-17-10-14(19-15)11-4-2-1-3-5-11/h1-9,14H,10H2,(H,17,18). The quantitative estimate of drug-likeness (QED) is 0.890. The summed E-state index contributed by atoms with van der Waals surface area (Å²) >= 11 is 1.71. The molecule has 2 aromatic carbocycles. The molecule has 4 heteroatoms. The summed E-state index contributed by atoms with van der Waals surface area (Å²) in [5.74, 6) is -0.228. The van der Waals surface area contributed by atoms with Crippen LogP contribution in [-0.2, 0) is 0 Å². The maximum atomic E-state index is 12.8. The van der Waals surface area contributed by atoms with E-state index in [1.165, 1.54) is 17.7 Å². The highest BCUT2D eigenvalue weighted by Gasteiger charge is 2.21. The van der Waals surface area contributed by atoms with Crippen molar-refractivity contribution in [3.05, 3.63) is 66.0 Å². The van der Waals surface area contributed by atoms with Crippen LogP contribution in [0.15, 0.2) is 59.6 Å². The average Bonchev–Trinajstić information content (AvgIpc) is 2.91. The van der Waals surface area contributed by atoms with E-state index in [4.69, 9.17) is 0 Å². The molecule has 1 N–H and O–H groups in total. The molecule has 0 saturated carbocycles. The van der Waals surface area contributed by atoms with Crippen molar-refractivity contribution < 1.29 is 4.39 Å². The molecule has 0 aliphatic carbocycles. The zero-order valence-electron chi connectivity index (χ0n) is 10.2. The van der Waals surface area contributed by atoms with Crippen LogP contribution in [0.25, 0.3) is 0 Å². The van der Waals surface area contributed by atoms with E-state index in [-0.39, 0.29) is 5.82 Å². The molecule has 3 rings (SSSR count). The number of anilines is 1. The van der Waals surface area contributed by atoms with E-state index in [1.54, 1.807) is 23.9 Å². The van der Waals surface area contributed by atoms with Crippen molar-refractivity contribution >= 4 is 22.6 Å². The Morgan fingerprint density at radius 2 is 1.79 bits per heavy atom. The predicted molar refractivity (Wildman–Crippen MR) is 79.1 cm³/mol. The summed E-state index contributed by atoms with van der Waals surface area (Å²) in [6.45, 7) is 0.776. The Kier molecular flexibility index (Phi) is 3.51. The van der Waals surface area contributed by atoms with Crippen molar-refractivity contribution in [2.75, 3.05) is 11.9 Å². The van der Waals surface area contributed by atoms with E-state index >= 15 is 0 Å². The third-order valence-electron chi connectivity index (χ3n) is 2.92. The summed E-state index contributed by atoms with van der Waals surface area (Å²) in [6.07, 6.45) is 0. The lowest BCUT2D eigenvalue weighted by atomic mass is 10.1. The molecule has 0 spiro atoms. The van der Waals surface area contributed by atoms with Gasteiger partial charge in [-0.15, -0.1) is 0 Å². The van der Waals surface area contributed by atoms with Crippen LogP contribution in [0.3, 0.4) is 0 Å². The predicted octanol–water partition coefficient (Wildman–Crippen LogP) is 4.08. The molecule has 1 atom stereocenters. The number of nitrogens with one attached hydrogen (secondary N) is 1. The van der Waals surface area contributed by atoms with Crippen molar-refractivity contribution in [1.82, 2.24) is 0 Å². The van der Waals surface area contributed by atoms with Crippen molar-refractivity contribution in [3.63, 3.8) is 0 Å². The van der Waals surface area contributed by atoms with Gasteiger partial charge in [0.25, 0.3) is 0 Å². The minimum atomic E-state index is -0.228. The third kappa shape index (κ3) is 2.96. The number of amidine groups is 1. The molecule has 2 aromatic rings. The second-order valence-corrected chi connectivity index (χ2v) is 5.49. The maximum absolute atomic E-state index is 12.8. The molecule has 0 radical (unpaired) electrons. The largest absolute Gasteiger partial charge is 0.335 e. The number of hydrogen-bond acceptors (Lipinski definition) is 3. The molecule has 0 fully saturated rings. The highest BCUT2D eigenvalue weighted by atomic mass is 32.2. The van der Waals surface area contributed by atoms with Gasteiger partial charge in [0, 0.05) is 5.69 Å². The number of thioether (sulfide) groups is 1. The fraction of sp³-hybridized carbons (Fsp3) is 0.133. The summed E-state index contributed by atoms with van der Waals surface area (Å²) in [6, 6.07) is 16.7. The number of hydrogen-bond donors (Lipinski definition) is 1. The maximum Gasteiger partial charge on any atom is 0.161 e. The summed E-state index contributed by atoms with van der Waals surface area (Å²) in [4.78, 5) is 4.49. The van der Waals surface area contributed by atoms with Crippen LogP contribution >= 0.6 is 11.8 Å². The van der Waals surface area contributed by atoms with E-state index in [0.717, 1.165) is 17.4 Å². The third-order valence-corrected chi connectivity index (χ3v) is 4.08. The van der Waals surface area contributed by atoms with Crippen LogP contribution in [0.2, 0.25) is 0 Å². The molecule has 1 unspecified atom stereocenters. The molecule has 96 valence electrons. The fourth-order valence-electron chi connectivity index (χ4n) is 1.94. The number of rotatable bonds is 2. The molecule has 2 nitrogen and oxygen atoms in total. The van der Waals surface area contributed by atoms with E-state index in [2.05, 4.69) is 22.4 Å². The SMILES string of the molecule is Fc1ccc(NC2=NCC(c3ccccc3)S2)cc1. The Labute approximate surface area is 115 Å². The lowest BCUT2D eigenvalue weighted by Crippen LogP contribution is -2.05. The van der Waals surface area contributed by atoms with Gasteiger partial charge in [0.2, 0.25) is 0 Å². The Hall–Kier alpha value is -1.81. The molecule has 1 aliphatic heterocycles. The Balaban J connectivity index is 1.64. The topological polar surface area (TPSA) is 24.4 Å². The zero-order chi connectivity index (χ0) is 13.1. The van der Waals surface area contributed by atoms with Crippen LogP contribution in [0.1, 0.15) is 10.8 Å². The van der Waals surface area contributed by atoms with E-state index in [0.29, 0.717) is 5.25 Å². The highest BCUT2D eigenvalue weighted by Crippen LogP contribution is 2.35. The summed E-state index contributed by atoms with van der Waals surface area (Å²) in [5.41, 5.74) is 2.15. The molecule has 0 saturated heterocycles. The molecule has 1 aliphatic rings. The van der Waals surface area contributed by atoms with Crippen molar-refractivity contribution in [2.24, 2.45) is 4.99 Å². The monoisotopic (exact) mass is 272 g/mol. The molecular weight excluding hydrogens is 259 g/mol. The van der Waals surface area contributed by atoms with Crippen molar-refractivity contribution in [2.45, 2.75) is 5.25 Å². The van der Waals surface area contributed by atoms with Gasteiger partial charge < -0.3 is 5.32 Å². The van der Waals surface area contributed by atoms with Crippen LogP contribution in [-0.4, -0.2) is 11.7 Å². The molecular formula is C15H13FN2S. The van der Waals surface area contributed by atoms with Gasteiger partial charge in [-0.05, 0) is 29.8 Å². The van der Waals surface area contributed by atoms with Gasteiger partial charge in [0.15, 0.2) is 5.17 Å². The molecule has 0 aromatic heterocycles. The molecule has 1 heterocycles. The second kappa shape index (κ2) is 5.45. The Bertz CT molecular complexity index is 581. The first kappa shape index (κ1) is 12.2. The normalized spacial score (nSPS) is 18.2. The minimum absolute atomic E-state index is 0.228. The lowest BCUT2D eigenvalue weighted by molar-refractivity contribution is 0.628. The highest BCUT2D eigenvalue weighted by molar-refractivity contribution is 8.14. The fourth-order valence-corrected chi connectivity index (χ4v) is 2.98. The van der Waals surface area contributed by atoms with Crippen LogP contribution in [0.4, 0.5) is 10.1 Å². The Morgan fingerprint density at radius 3 is 2.53 bits per heavy atom. The first-order valence-electron chi connectivity index (χ1n) is 6.10. The number of benzene rings is 2. The summed E-state index contributed by atoms with van der Waals surface area (Å²) in [5, 5.41) is 4.47. The molecule has 0 bridgehead atoms. The van der Waals surface area contributed by atoms with E-state index < -0.39 is 0 Å². The van der Waals surface area contributed by atoms with Gasteiger partial charge in [-0.1, -0.05) is 42.1 Å². The van der Waals surface area contributed by atoms with Gasteiger partial charge in [-0.2, -0.15) is 0 Å². The Morgan fingerprint density at radius 1 is 1.05 bits per heavy atom. The summed E-state index contributed by atoms with van der Waals surface area (Å²) < 4.78 is 12.8. The van der Waals surface area contributed by atoms with Gasteiger partial charge >= 0.3 is 0 Å². The van der Waals surface area contributed by atoms with Crippen molar-refractivity contribution in [1.29, 1.82) is 0 Å². The summed E-state index contributed by atoms with van der Waals surface area (Å²) in [7, 11) is 0. The van der Waals surface area contributed by atoms with Gasteiger partial charge in [-0.25, -0.2) is 4.39 Å². The smallest absolute Gasteiger partial charge is 0.161 e. The number of aliphatic imine (C=N–C) groups is 1. The first-order chi connectivity index (χ1) is 9.31. The number of nitrogens with zero attached hydrogens (tertiary/aromatic N) is 1. The van der Waals surface area contributed by atoms with Crippen LogP contribution in [0, 0.1) is 5.82 Å². The van der Waals surface area contributed by atoms with Crippen LogP contribution < -0.4 is 5.32 Å². The van der Waals surface area contributed by atoms with E-state index in [9.17, 15) is 4.39 Å². The van der Waals surface area contributed by atoms with Gasteiger partial charge in [0.05, 0.1) is 11.8 Å². The average molecular weight is 272 g/mol. The first-order valence-corrected chi connectivity index (χ1v) is 6.98. The van der Waals surface area contributed by atoms with Crippen molar-refractivity contribution in [3.8, 4) is 0 Å². The van der Waals surface area contributed by atoms with E-state index in [1.807, 2.05) is 18.2 Å². The second-order valence-electron chi connectivity index (χ2n) is 4.29. The van der Waals surface area contributed by atoms with Gasteiger partial charge in [-0.3, -0.25) is 4.99 Å². The molecule has 0 amide bonds.